The zero-order valence-electron chi connectivity index (χ0n) is 12.1. The first kappa shape index (κ1) is 15.8. The van der Waals surface area contributed by atoms with Crippen LogP contribution in [0.1, 0.15) is 44.2 Å². The van der Waals surface area contributed by atoms with Crippen molar-refractivity contribution in [2.45, 2.75) is 38.6 Å². The molecule has 1 aromatic carbocycles. The summed E-state index contributed by atoms with van der Waals surface area (Å²) in [7, 11) is 0. The standard InChI is InChI=1S/C16H20ClNO3/c1-2-21-16(20)18-15(11-6-5-7-12(17)10-11)13-8-3-4-9-14(13)19/h5-7,10,13,15H,2-4,8-9H2,1H3,(H,18,20)/t13-,15+/m0/s1. The van der Waals surface area contributed by atoms with Gasteiger partial charge in [0.1, 0.15) is 5.78 Å². The molecule has 1 fully saturated rings. The van der Waals surface area contributed by atoms with Crippen molar-refractivity contribution in [2.75, 3.05) is 6.61 Å². The summed E-state index contributed by atoms with van der Waals surface area (Å²) >= 11 is 6.03. The maximum Gasteiger partial charge on any atom is 0.407 e. The molecule has 1 amide bonds. The average molecular weight is 310 g/mol. The number of halogens is 1. The molecule has 4 nitrogen and oxygen atoms in total. The number of alkyl carbamates (subject to hydrolysis) is 1. The van der Waals surface area contributed by atoms with Crippen LogP contribution in [-0.2, 0) is 9.53 Å². The molecular weight excluding hydrogens is 290 g/mol. The molecule has 1 aromatic rings. The highest BCUT2D eigenvalue weighted by Crippen LogP contribution is 2.33. The fourth-order valence-electron chi connectivity index (χ4n) is 2.78. The topological polar surface area (TPSA) is 55.4 Å². The van der Waals surface area contributed by atoms with E-state index in [9.17, 15) is 9.59 Å². The van der Waals surface area contributed by atoms with Gasteiger partial charge in [-0.05, 0) is 37.5 Å². The monoisotopic (exact) mass is 309 g/mol. The van der Waals surface area contributed by atoms with Crippen LogP contribution < -0.4 is 5.32 Å². The van der Waals surface area contributed by atoms with E-state index in [4.69, 9.17) is 16.3 Å². The van der Waals surface area contributed by atoms with Gasteiger partial charge in [0.2, 0.25) is 0 Å². The Morgan fingerprint density at radius 2 is 2.29 bits per heavy atom. The lowest BCUT2D eigenvalue weighted by Gasteiger charge is -2.30. The quantitative estimate of drug-likeness (QED) is 0.918. The summed E-state index contributed by atoms with van der Waals surface area (Å²) in [6, 6.07) is 6.89. The van der Waals surface area contributed by atoms with E-state index in [2.05, 4.69) is 5.32 Å². The van der Waals surface area contributed by atoms with Crippen LogP contribution in [0.4, 0.5) is 4.79 Å². The second-order valence-corrected chi connectivity index (χ2v) is 5.65. The number of benzene rings is 1. The van der Waals surface area contributed by atoms with Gasteiger partial charge in [0, 0.05) is 17.4 Å². The first-order chi connectivity index (χ1) is 10.1. The van der Waals surface area contributed by atoms with Gasteiger partial charge < -0.3 is 10.1 Å². The number of nitrogens with one attached hydrogen (secondary N) is 1. The number of carbonyl (C=O) groups excluding carboxylic acids is 2. The normalized spacial score (nSPS) is 19.9. The first-order valence-electron chi connectivity index (χ1n) is 7.33. The van der Waals surface area contributed by atoms with Gasteiger partial charge in [-0.3, -0.25) is 4.79 Å². The van der Waals surface area contributed by atoms with E-state index < -0.39 is 6.09 Å². The van der Waals surface area contributed by atoms with E-state index >= 15 is 0 Å². The molecule has 0 saturated heterocycles. The van der Waals surface area contributed by atoms with E-state index in [0.717, 1.165) is 24.8 Å². The van der Waals surface area contributed by atoms with Gasteiger partial charge in [0.05, 0.1) is 12.6 Å². The number of hydrogen-bond donors (Lipinski definition) is 1. The smallest absolute Gasteiger partial charge is 0.407 e. The molecule has 114 valence electrons. The van der Waals surface area contributed by atoms with Crippen molar-refractivity contribution < 1.29 is 14.3 Å². The Kier molecular flexibility index (Phi) is 5.62. The number of rotatable bonds is 4. The third kappa shape index (κ3) is 4.21. The molecule has 0 radical (unpaired) electrons. The summed E-state index contributed by atoms with van der Waals surface area (Å²) in [6.45, 7) is 2.05. The lowest BCUT2D eigenvalue weighted by Crippen LogP contribution is -2.38. The van der Waals surface area contributed by atoms with Gasteiger partial charge in [-0.15, -0.1) is 0 Å². The molecule has 0 aliphatic heterocycles. The van der Waals surface area contributed by atoms with Crippen molar-refractivity contribution in [3.05, 3.63) is 34.9 Å². The largest absolute Gasteiger partial charge is 0.450 e. The Bertz CT molecular complexity index is 518. The van der Waals surface area contributed by atoms with Crippen LogP contribution in [0.3, 0.4) is 0 Å². The molecule has 1 aliphatic rings. The molecule has 0 unspecified atom stereocenters. The van der Waals surface area contributed by atoms with Crippen molar-refractivity contribution >= 4 is 23.5 Å². The van der Waals surface area contributed by atoms with Crippen molar-refractivity contribution in [1.82, 2.24) is 5.32 Å². The van der Waals surface area contributed by atoms with Crippen LogP contribution in [0.2, 0.25) is 5.02 Å². The minimum absolute atomic E-state index is 0.197. The molecule has 0 spiro atoms. The SMILES string of the molecule is CCOC(=O)N[C@H](c1cccc(Cl)c1)[C@H]1CCCCC1=O. The minimum atomic E-state index is -0.499. The van der Waals surface area contributed by atoms with Crippen LogP contribution >= 0.6 is 11.6 Å². The Morgan fingerprint density at radius 1 is 1.48 bits per heavy atom. The summed E-state index contributed by atoms with van der Waals surface area (Å²) in [5.74, 6) is -0.00959. The van der Waals surface area contributed by atoms with Gasteiger partial charge in [-0.2, -0.15) is 0 Å². The summed E-state index contributed by atoms with van der Waals surface area (Å²) in [5, 5.41) is 3.41. The molecule has 2 rings (SSSR count). The van der Waals surface area contributed by atoms with Crippen molar-refractivity contribution in [3.63, 3.8) is 0 Å². The van der Waals surface area contributed by atoms with Crippen molar-refractivity contribution in [2.24, 2.45) is 5.92 Å². The lowest BCUT2D eigenvalue weighted by atomic mass is 9.80. The van der Waals surface area contributed by atoms with Gasteiger partial charge in [-0.1, -0.05) is 30.2 Å². The molecule has 0 bridgehead atoms. The summed E-state index contributed by atoms with van der Waals surface area (Å²) < 4.78 is 4.96. The number of ketones is 1. The van der Waals surface area contributed by atoms with Gasteiger partial charge in [-0.25, -0.2) is 4.79 Å². The van der Waals surface area contributed by atoms with Gasteiger partial charge in [0.15, 0.2) is 0 Å². The fraction of sp³-hybridized carbons (Fsp3) is 0.500. The first-order valence-corrected chi connectivity index (χ1v) is 7.71. The van der Waals surface area contributed by atoms with E-state index in [1.807, 2.05) is 12.1 Å². The Morgan fingerprint density at radius 3 is 2.95 bits per heavy atom. The molecule has 21 heavy (non-hydrogen) atoms. The molecular formula is C16H20ClNO3. The number of amides is 1. The van der Waals surface area contributed by atoms with E-state index in [0.29, 0.717) is 18.1 Å². The second kappa shape index (κ2) is 7.46. The molecule has 2 atom stereocenters. The molecule has 1 N–H and O–H groups in total. The van der Waals surface area contributed by atoms with Crippen LogP contribution in [0.15, 0.2) is 24.3 Å². The zero-order valence-corrected chi connectivity index (χ0v) is 12.9. The lowest BCUT2D eigenvalue weighted by molar-refractivity contribution is -0.125. The van der Waals surface area contributed by atoms with Crippen LogP contribution in [0.5, 0.6) is 0 Å². The molecule has 1 saturated carbocycles. The summed E-state index contributed by atoms with van der Waals surface area (Å²) in [5.41, 5.74) is 0.843. The van der Waals surface area contributed by atoms with E-state index in [1.165, 1.54) is 0 Å². The predicted molar refractivity (Wildman–Crippen MR) is 81.3 cm³/mol. The number of Topliss-reactive ketones (excluding diaryl/α,β-unsaturated/α-hetero) is 1. The molecule has 0 aromatic heterocycles. The molecule has 5 heteroatoms. The number of hydrogen-bond acceptors (Lipinski definition) is 3. The summed E-state index contributed by atoms with van der Waals surface area (Å²) in [6.07, 6.45) is 2.78. The Labute approximate surface area is 129 Å². The maximum absolute atomic E-state index is 12.2. The maximum atomic E-state index is 12.2. The predicted octanol–water partition coefficient (Wildman–Crippen LogP) is 3.89. The highest BCUT2D eigenvalue weighted by molar-refractivity contribution is 6.30. The van der Waals surface area contributed by atoms with Gasteiger partial charge in [0.25, 0.3) is 0 Å². The van der Waals surface area contributed by atoms with Crippen LogP contribution in [-0.4, -0.2) is 18.5 Å². The highest BCUT2D eigenvalue weighted by atomic mass is 35.5. The number of ether oxygens (including phenoxy) is 1. The third-order valence-corrected chi connectivity index (χ3v) is 4.00. The van der Waals surface area contributed by atoms with E-state index in [-0.39, 0.29) is 17.7 Å². The van der Waals surface area contributed by atoms with E-state index in [1.54, 1.807) is 19.1 Å². The summed E-state index contributed by atoms with van der Waals surface area (Å²) in [4.78, 5) is 24.0. The van der Waals surface area contributed by atoms with Crippen molar-refractivity contribution in [3.8, 4) is 0 Å². The molecule has 0 heterocycles. The van der Waals surface area contributed by atoms with Crippen molar-refractivity contribution in [1.29, 1.82) is 0 Å². The minimum Gasteiger partial charge on any atom is -0.450 e. The second-order valence-electron chi connectivity index (χ2n) is 5.22. The van der Waals surface area contributed by atoms with Crippen LogP contribution in [0, 0.1) is 5.92 Å². The van der Waals surface area contributed by atoms with Gasteiger partial charge >= 0.3 is 6.09 Å². The zero-order chi connectivity index (χ0) is 15.2. The van der Waals surface area contributed by atoms with Crippen LogP contribution in [0.25, 0.3) is 0 Å². The Balaban J connectivity index is 2.24. The third-order valence-electron chi connectivity index (χ3n) is 3.76. The average Bonchev–Trinajstić information content (AvgIpc) is 2.46. The molecule has 1 aliphatic carbocycles. The fourth-order valence-corrected chi connectivity index (χ4v) is 2.98. The Hall–Kier alpha value is -1.55. The number of carbonyl (C=O) groups is 2. The highest BCUT2D eigenvalue weighted by Gasteiger charge is 2.32.